The lowest BCUT2D eigenvalue weighted by molar-refractivity contribution is -0.116. The van der Waals surface area contributed by atoms with Crippen LogP contribution in [-0.4, -0.2) is 31.4 Å². The van der Waals surface area contributed by atoms with Crippen molar-refractivity contribution in [2.45, 2.75) is 12.8 Å². The topological polar surface area (TPSA) is 84.5 Å². The van der Waals surface area contributed by atoms with E-state index in [1.165, 1.54) is 18.4 Å². The Kier molecular flexibility index (Phi) is 6.51. The van der Waals surface area contributed by atoms with Gasteiger partial charge in [0.05, 0.1) is 17.6 Å². The standard InChI is InChI=1S/C17H18N2O4S/c1-23-17(22)12-6-8-13(9-7-12)19-15(20)5-2-10-18-16(21)14-4-3-11-24-14/h3-4,6-9,11H,2,5,10H2,1H3,(H,18,21)(H,19,20). The van der Waals surface area contributed by atoms with Gasteiger partial charge in [0.2, 0.25) is 5.91 Å². The molecule has 2 N–H and O–H groups in total. The third-order valence-electron chi connectivity index (χ3n) is 3.20. The number of rotatable bonds is 7. The number of ether oxygens (including phenoxy) is 1. The highest BCUT2D eigenvalue weighted by molar-refractivity contribution is 7.12. The first-order chi connectivity index (χ1) is 11.6. The summed E-state index contributed by atoms with van der Waals surface area (Å²) < 4.78 is 4.61. The minimum atomic E-state index is -0.422. The highest BCUT2D eigenvalue weighted by atomic mass is 32.1. The highest BCUT2D eigenvalue weighted by Crippen LogP contribution is 2.11. The fourth-order valence-corrected chi connectivity index (χ4v) is 2.62. The summed E-state index contributed by atoms with van der Waals surface area (Å²) in [6.45, 7) is 0.436. The summed E-state index contributed by atoms with van der Waals surface area (Å²) in [4.78, 5) is 35.5. The fraction of sp³-hybridized carbons (Fsp3) is 0.235. The Bertz CT molecular complexity index is 696. The molecular weight excluding hydrogens is 328 g/mol. The SMILES string of the molecule is COC(=O)c1ccc(NC(=O)CCCNC(=O)c2cccs2)cc1. The Balaban J connectivity index is 1.69. The van der Waals surface area contributed by atoms with E-state index < -0.39 is 5.97 Å². The number of amides is 2. The molecule has 1 aromatic heterocycles. The Morgan fingerprint density at radius 3 is 2.50 bits per heavy atom. The molecule has 0 fully saturated rings. The number of nitrogens with one attached hydrogen (secondary N) is 2. The van der Waals surface area contributed by atoms with E-state index >= 15 is 0 Å². The van der Waals surface area contributed by atoms with Gasteiger partial charge in [0.1, 0.15) is 0 Å². The van der Waals surface area contributed by atoms with Crippen LogP contribution in [0.2, 0.25) is 0 Å². The largest absolute Gasteiger partial charge is 0.465 e. The van der Waals surface area contributed by atoms with Crippen LogP contribution in [0.1, 0.15) is 32.9 Å². The van der Waals surface area contributed by atoms with Crippen LogP contribution in [-0.2, 0) is 9.53 Å². The molecular formula is C17H18N2O4S. The molecule has 2 rings (SSSR count). The molecule has 0 unspecified atom stereocenters. The second-order valence-electron chi connectivity index (χ2n) is 4.95. The molecule has 0 saturated carbocycles. The van der Waals surface area contributed by atoms with Crippen molar-refractivity contribution in [1.82, 2.24) is 5.32 Å². The summed E-state index contributed by atoms with van der Waals surface area (Å²) in [6.07, 6.45) is 0.840. The molecule has 0 aliphatic heterocycles. The first-order valence-electron chi connectivity index (χ1n) is 7.40. The molecule has 0 aliphatic carbocycles. The van der Waals surface area contributed by atoms with Gasteiger partial charge in [-0.05, 0) is 42.1 Å². The number of benzene rings is 1. The van der Waals surface area contributed by atoms with Crippen LogP contribution in [0.3, 0.4) is 0 Å². The molecule has 0 spiro atoms. The normalized spacial score (nSPS) is 10.0. The van der Waals surface area contributed by atoms with E-state index in [0.717, 1.165) is 0 Å². The maximum Gasteiger partial charge on any atom is 0.337 e. The second kappa shape index (κ2) is 8.83. The zero-order valence-electron chi connectivity index (χ0n) is 13.2. The number of hydrogen-bond acceptors (Lipinski definition) is 5. The molecule has 6 nitrogen and oxygen atoms in total. The van der Waals surface area contributed by atoms with Crippen molar-refractivity contribution in [3.05, 3.63) is 52.2 Å². The first kappa shape index (κ1) is 17.7. The number of methoxy groups -OCH3 is 1. The number of anilines is 1. The molecule has 24 heavy (non-hydrogen) atoms. The van der Waals surface area contributed by atoms with Gasteiger partial charge in [-0.25, -0.2) is 4.79 Å². The van der Waals surface area contributed by atoms with Crippen molar-refractivity contribution in [1.29, 1.82) is 0 Å². The number of hydrogen-bond donors (Lipinski definition) is 2. The van der Waals surface area contributed by atoms with Gasteiger partial charge in [-0.2, -0.15) is 0 Å². The first-order valence-corrected chi connectivity index (χ1v) is 8.28. The second-order valence-corrected chi connectivity index (χ2v) is 5.90. The smallest absolute Gasteiger partial charge is 0.337 e. The monoisotopic (exact) mass is 346 g/mol. The van der Waals surface area contributed by atoms with Crippen LogP contribution in [0.25, 0.3) is 0 Å². The summed E-state index contributed by atoms with van der Waals surface area (Å²) in [5.74, 6) is -0.690. The van der Waals surface area contributed by atoms with Crippen molar-refractivity contribution >= 4 is 34.8 Å². The van der Waals surface area contributed by atoms with Gasteiger partial charge in [-0.15, -0.1) is 11.3 Å². The average Bonchev–Trinajstić information content (AvgIpc) is 3.13. The molecule has 2 amide bonds. The van der Waals surface area contributed by atoms with E-state index in [2.05, 4.69) is 15.4 Å². The minimum absolute atomic E-state index is 0.121. The Labute approximate surface area is 143 Å². The number of thiophene rings is 1. The maximum absolute atomic E-state index is 11.8. The number of carbonyl (C=O) groups is 3. The highest BCUT2D eigenvalue weighted by Gasteiger charge is 2.08. The minimum Gasteiger partial charge on any atom is -0.465 e. The van der Waals surface area contributed by atoms with E-state index in [0.29, 0.717) is 35.5 Å². The summed E-state index contributed by atoms with van der Waals surface area (Å²) in [6, 6.07) is 10.0. The summed E-state index contributed by atoms with van der Waals surface area (Å²) in [5, 5.41) is 7.35. The quantitative estimate of drug-likeness (QED) is 0.596. The maximum atomic E-state index is 11.8. The van der Waals surface area contributed by atoms with Gasteiger partial charge in [0.15, 0.2) is 0 Å². The van der Waals surface area contributed by atoms with Gasteiger partial charge in [-0.1, -0.05) is 6.07 Å². The van der Waals surface area contributed by atoms with Gasteiger partial charge < -0.3 is 15.4 Å². The Morgan fingerprint density at radius 1 is 1.12 bits per heavy atom. The van der Waals surface area contributed by atoms with Crippen molar-refractivity contribution in [2.24, 2.45) is 0 Å². The lowest BCUT2D eigenvalue weighted by Gasteiger charge is -2.07. The van der Waals surface area contributed by atoms with Crippen molar-refractivity contribution in [3.63, 3.8) is 0 Å². The summed E-state index contributed by atoms with van der Waals surface area (Å²) in [7, 11) is 1.31. The molecule has 1 aromatic carbocycles. The van der Waals surface area contributed by atoms with E-state index in [4.69, 9.17) is 0 Å². The van der Waals surface area contributed by atoms with Crippen molar-refractivity contribution in [2.75, 3.05) is 19.0 Å². The zero-order chi connectivity index (χ0) is 17.4. The molecule has 7 heteroatoms. The third kappa shape index (κ3) is 5.20. The molecule has 0 aliphatic rings. The predicted octanol–water partition coefficient (Wildman–Crippen LogP) is 2.68. The van der Waals surface area contributed by atoms with Crippen LogP contribution in [0, 0.1) is 0 Å². The Hall–Kier alpha value is -2.67. The molecule has 0 bridgehead atoms. The van der Waals surface area contributed by atoms with E-state index in [1.54, 1.807) is 30.3 Å². The van der Waals surface area contributed by atoms with E-state index in [-0.39, 0.29) is 11.8 Å². The van der Waals surface area contributed by atoms with Gasteiger partial charge in [-0.3, -0.25) is 9.59 Å². The lowest BCUT2D eigenvalue weighted by Crippen LogP contribution is -2.24. The van der Waals surface area contributed by atoms with Gasteiger partial charge in [0, 0.05) is 18.7 Å². The van der Waals surface area contributed by atoms with Gasteiger partial charge in [0.25, 0.3) is 5.91 Å². The number of carbonyl (C=O) groups excluding carboxylic acids is 3. The van der Waals surface area contributed by atoms with Crippen LogP contribution in [0.15, 0.2) is 41.8 Å². The molecule has 1 heterocycles. The molecule has 0 atom stereocenters. The Morgan fingerprint density at radius 2 is 1.88 bits per heavy atom. The third-order valence-corrected chi connectivity index (χ3v) is 4.07. The molecule has 0 radical (unpaired) electrons. The average molecular weight is 346 g/mol. The van der Waals surface area contributed by atoms with E-state index in [9.17, 15) is 14.4 Å². The predicted molar refractivity (Wildman–Crippen MR) is 92.3 cm³/mol. The summed E-state index contributed by atoms with van der Waals surface area (Å²) >= 11 is 1.38. The van der Waals surface area contributed by atoms with Crippen LogP contribution >= 0.6 is 11.3 Å². The molecule has 126 valence electrons. The van der Waals surface area contributed by atoms with Crippen LogP contribution in [0.5, 0.6) is 0 Å². The zero-order valence-corrected chi connectivity index (χ0v) is 14.0. The van der Waals surface area contributed by atoms with Crippen LogP contribution in [0.4, 0.5) is 5.69 Å². The number of esters is 1. The van der Waals surface area contributed by atoms with Crippen LogP contribution < -0.4 is 10.6 Å². The molecule has 2 aromatic rings. The van der Waals surface area contributed by atoms with Crippen molar-refractivity contribution in [3.8, 4) is 0 Å². The molecule has 0 saturated heterocycles. The summed E-state index contributed by atoms with van der Waals surface area (Å²) in [5.41, 5.74) is 1.03. The van der Waals surface area contributed by atoms with Crippen molar-refractivity contribution < 1.29 is 19.1 Å². The fourth-order valence-electron chi connectivity index (χ4n) is 1.98. The van der Waals surface area contributed by atoms with E-state index in [1.807, 2.05) is 11.4 Å². The van der Waals surface area contributed by atoms with Gasteiger partial charge >= 0.3 is 5.97 Å². The lowest BCUT2D eigenvalue weighted by atomic mass is 10.2.